The number of hydrogen-bond donors (Lipinski definition) is 1. The second-order valence-electron chi connectivity index (χ2n) is 10.5. The molecule has 3 aromatic heterocycles. The molecule has 5 rings (SSSR count). The van der Waals surface area contributed by atoms with E-state index in [4.69, 9.17) is 4.74 Å². The van der Waals surface area contributed by atoms with E-state index < -0.39 is 9.84 Å². The first-order valence-electron chi connectivity index (χ1n) is 12.7. The summed E-state index contributed by atoms with van der Waals surface area (Å²) in [5, 5.41) is 2.00. The van der Waals surface area contributed by atoms with Gasteiger partial charge in [0, 0.05) is 36.3 Å². The second kappa shape index (κ2) is 9.91. The molecule has 2 fully saturated rings. The van der Waals surface area contributed by atoms with Crippen molar-refractivity contribution in [3.05, 3.63) is 36.3 Å². The Balaban J connectivity index is 1.24. The van der Waals surface area contributed by atoms with Crippen LogP contribution in [-0.2, 0) is 14.6 Å². The van der Waals surface area contributed by atoms with E-state index in [2.05, 4.69) is 39.8 Å². The molecule has 0 radical (unpaired) electrons. The third-order valence-corrected chi connectivity index (χ3v) is 9.65. The summed E-state index contributed by atoms with van der Waals surface area (Å²) in [6.07, 6.45) is 11.0. The fourth-order valence-corrected chi connectivity index (χ4v) is 7.66. The Labute approximate surface area is 202 Å². The SMILES string of the molecule is CC(C)COC1CCCN(CS(=O)(=O)C2CCC(c3cc[nH]c4cnc5nccc5c34)CC2)C1. The minimum Gasteiger partial charge on any atom is -0.377 e. The fourth-order valence-electron chi connectivity index (χ4n) is 5.71. The fraction of sp³-hybridized carbons (Fsp3) is 0.615. The van der Waals surface area contributed by atoms with Gasteiger partial charge in [-0.15, -0.1) is 0 Å². The van der Waals surface area contributed by atoms with Crippen LogP contribution in [0.25, 0.3) is 21.9 Å². The predicted octanol–water partition coefficient (Wildman–Crippen LogP) is 4.65. The van der Waals surface area contributed by atoms with Crippen molar-refractivity contribution in [2.75, 3.05) is 25.6 Å². The van der Waals surface area contributed by atoms with Crippen LogP contribution in [0.3, 0.4) is 0 Å². The van der Waals surface area contributed by atoms with Gasteiger partial charge in [0.05, 0.1) is 23.1 Å². The third-order valence-electron chi connectivity index (χ3n) is 7.44. The normalized spacial score (nSPS) is 24.9. The molecule has 1 atom stereocenters. The molecule has 1 saturated heterocycles. The van der Waals surface area contributed by atoms with Gasteiger partial charge in [-0.2, -0.15) is 0 Å². The van der Waals surface area contributed by atoms with Crippen LogP contribution in [0.1, 0.15) is 63.9 Å². The lowest BCUT2D eigenvalue weighted by molar-refractivity contribution is -0.00742. The van der Waals surface area contributed by atoms with E-state index >= 15 is 0 Å². The Morgan fingerprint density at radius 2 is 1.97 bits per heavy atom. The molecule has 2 aliphatic rings. The first-order valence-corrected chi connectivity index (χ1v) is 14.4. The number of pyridine rings is 2. The van der Waals surface area contributed by atoms with Crippen LogP contribution in [-0.4, -0.2) is 65.2 Å². The van der Waals surface area contributed by atoms with Crippen molar-refractivity contribution in [2.24, 2.45) is 5.92 Å². The quantitative estimate of drug-likeness (QED) is 0.525. The molecule has 4 heterocycles. The number of likely N-dealkylation sites (tertiary alicyclic amines) is 1. The maximum atomic E-state index is 13.3. The lowest BCUT2D eigenvalue weighted by atomic mass is 9.82. The van der Waals surface area contributed by atoms with Crippen molar-refractivity contribution in [1.82, 2.24) is 19.9 Å². The zero-order chi connectivity index (χ0) is 23.7. The predicted molar refractivity (Wildman–Crippen MR) is 136 cm³/mol. The molecule has 0 spiro atoms. The van der Waals surface area contributed by atoms with Crippen molar-refractivity contribution < 1.29 is 13.2 Å². The number of nitrogens with one attached hydrogen (secondary N) is 1. The lowest BCUT2D eigenvalue weighted by Crippen LogP contribution is -2.44. The van der Waals surface area contributed by atoms with Gasteiger partial charge in [0.15, 0.2) is 15.5 Å². The van der Waals surface area contributed by atoms with Crippen LogP contribution in [0, 0.1) is 5.92 Å². The highest BCUT2D eigenvalue weighted by atomic mass is 32.2. The summed E-state index contributed by atoms with van der Waals surface area (Å²) in [5.74, 6) is 1.02. The van der Waals surface area contributed by atoms with Crippen molar-refractivity contribution in [3.63, 3.8) is 0 Å². The third kappa shape index (κ3) is 4.99. The van der Waals surface area contributed by atoms with Gasteiger partial charge < -0.3 is 9.72 Å². The second-order valence-corrected chi connectivity index (χ2v) is 12.7. The van der Waals surface area contributed by atoms with Crippen molar-refractivity contribution in [2.45, 2.75) is 69.6 Å². The number of aromatic nitrogens is 3. The van der Waals surface area contributed by atoms with Crippen molar-refractivity contribution >= 4 is 31.8 Å². The van der Waals surface area contributed by atoms with E-state index in [0.29, 0.717) is 11.8 Å². The number of ether oxygens (including phenoxy) is 1. The van der Waals surface area contributed by atoms with Gasteiger partial charge in [0.2, 0.25) is 0 Å². The molecule has 1 aliphatic carbocycles. The van der Waals surface area contributed by atoms with Gasteiger partial charge in [0.25, 0.3) is 0 Å². The van der Waals surface area contributed by atoms with Crippen LogP contribution in [0.2, 0.25) is 0 Å². The number of piperidine rings is 1. The van der Waals surface area contributed by atoms with E-state index in [9.17, 15) is 8.42 Å². The van der Waals surface area contributed by atoms with Gasteiger partial charge in [-0.1, -0.05) is 13.8 Å². The van der Waals surface area contributed by atoms with Crippen LogP contribution < -0.4 is 0 Å². The zero-order valence-electron chi connectivity index (χ0n) is 20.2. The van der Waals surface area contributed by atoms with E-state index in [-0.39, 0.29) is 17.2 Å². The van der Waals surface area contributed by atoms with Gasteiger partial charge in [0.1, 0.15) is 5.88 Å². The molecule has 34 heavy (non-hydrogen) atoms. The van der Waals surface area contributed by atoms with Crippen molar-refractivity contribution in [1.29, 1.82) is 0 Å². The Kier molecular flexibility index (Phi) is 6.91. The Bertz CT molecular complexity index is 1230. The largest absolute Gasteiger partial charge is 0.377 e. The highest BCUT2D eigenvalue weighted by Crippen LogP contribution is 2.39. The molecule has 1 N–H and O–H groups in total. The van der Waals surface area contributed by atoms with Gasteiger partial charge in [-0.25, -0.2) is 18.4 Å². The average molecular weight is 485 g/mol. The molecule has 1 saturated carbocycles. The summed E-state index contributed by atoms with van der Waals surface area (Å²) in [6.45, 7) is 6.61. The molecule has 1 unspecified atom stereocenters. The number of sulfone groups is 1. The van der Waals surface area contributed by atoms with Crippen LogP contribution in [0.4, 0.5) is 0 Å². The average Bonchev–Trinajstić information content (AvgIpc) is 3.32. The Morgan fingerprint density at radius 1 is 1.15 bits per heavy atom. The number of rotatable bonds is 7. The molecule has 0 aromatic carbocycles. The maximum Gasteiger partial charge on any atom is 0.166 e. The summed E-state index contributed by atoms with van der Waals surface area (Å²) in [7, 11) is -3.17. The number of H-pyrrole nitrogens is 1. The Hall–Kier alpha value is -2.03. The van der Waals surface area contributed by atoms with E-state index in [0.717, 1.165) is 74.8 Å². The molecule has 0 amide bonds. The van der Waals surface area contributed by atoms with Crippen LogP contribution in [0.15, 0.2) is 30.7 Å². The summed E-state index contributed by atoms with van der Waals surface area (Å²) >= 11 is 0. The molecule has 3 aromatic rings. The minimum absolute atomic E-state index is 0.155. The molecule has 184 valence electrons. The minimum atomic E-state index is -3.17. The molecular formula is C26H36N4O3S. The molecule has 7 nitrogen and oxygen atoms in total. The molecule has 0 bridgehead atoms. The topological polar surface area (TPSA) is 88.2 Å². The van der Waals surface area contributed by atoms with E-state index in [1.807, 2.05) is 18.5 Å². The van der Waals surface area contributed by atoms with Gasteiger partial charge in [-0.05, 0) is 74.6 Å². The zero-order valence-corrected chi connectivity index (χ0v) is 21.1. The number of hydrogen-bond acceptors (Lipinski definition) is 6. The van der Waals surface area contributed by atoms with Crippen LogP contribution >= 0.6 is 0 Å². The smallest absolute Gasteiger partial charge is 0.166 e. The lowest BCUT2D eigenvalue weighted by Gasteiger charge is -2.35. The van der Waals surface area contributed by atoms with E-state index in [1.165, 1.54) is 10.9 Å². The van der Waals surface area contributed by atoms with Gasteiger partial charge in [-0.3, -0.25) is 4.90 Å². The highest BCUT2D eigenvalue weighted by Gasteiger charge is 2.34. The first-order chi connectivity index (χ1) is 16.4. The van der Waals surface area contributed by atoms with Crippen LogP contribution in [0.5, 0.6) is 0 Å². The van der Waals surface area contributed by atoms with Gasteiger partial charge >= 0.3 is 0 Å². The summed E-state index contributed by atoms with van der Waals surface area (Å²) in [5.41, 5.74) is 3.06. The number of nitrogens with zero attached hydrogens (tertiary/aromatic N) is 3. The summed E-state index contributed by atoms with van der Waals surface area (Å²) in [6, 6.07) is 4.17. The first kappa shape index (κ1) is 23.7. The standard InChI is InChI=1S/C26H36N4O3S/c1-18(2)16-33-20-4-3-13-30(15-20)17-34(31,32)21-7-5-19(6-8-21)22-9-11-27-24-14-29-26-23(25(22)24)10-12-28-26/h9-12,14,18-21,27H,3-8,13,15-17H2,1-2H3. The molecule has 1 aliphatic heterocycles. The maximum absolute atomic E-state index is 13.3. The molecular weight excluding hydrogens is 448 g/mol. The van der Waals surface area contributed by atoms with Crippen molar-refractivity contribution in [3.8, 4) is 0 Å². The Morgan fingerprint density at radius 3 is 2.76 bits per heavy atom. The molecule has 8 heteroatoms. The number of fused-ring (bicyclic) bond motifs is 3. The highest BCUT2D eigenvalue weighted by molar-refractivity contribution is 7.91. The summed E-state index contributed by atoms with van der Waals surface area (Å²) < 4.78 is 32.6. The van der Waals surface area contributed by atoms with E-state index in [1.54, 1.807) is 6.20 Å². The number of aromatic amines is 1. The summed E-state index contributed by atoms with van der Waals surface area (Å²) in [4.78, 5) is 14.2. The monoisotopic (exact) mass is 484 g/mol.